The Hall–Kier alpha value is -6.00. The van der Waals surface area contributed by atoms with Gasteiger partial charge in [0.05, 0.1) is 33.3 Å². The number of nitrogens with zero attached hydrogens (tertiary/aromatic N) is 4. The van der Waals surface area contributed by atoms with Crippen LogP contribution in [0.4, 0.5) is 0 Å². The SMILES string of the molecule is c1ccc(-n2c3ccc(-n4c5ccccc5c5c(-c6cccc(-c7ccccn7)c6)cccc54)cc3c3ncccc32)cc1. The Balaban J connectivity index is 1.30. The van der Waals surface area contributed by atoms with Gasteiger partial charge in [0.25, 0.3) is 0 Å². The molecule has 4 heterocycles. The average Bonchev–Trinajstić information content (AvgIpc) is 3.62. The van der Waals surface area contributed by atoms with Gasteiger partial charge in [-0.15, -0.1) is 0 Å². The predicted molar refractivity (Wildman–Crippen MR) is 182 cm³/mol. The quantitative estimate of drug-likeness (QED) is 0.214. The summed E-state index contributed by atoms with van der Waals surface area (Å²) in [6, 6.07) is 51.6. The molecule has 0 fully saturated rings. The van der Waals surface area contributed by atoms with Crippen LogP contribution in [0.2, 0.25) is 0 Å². The van der Waals surface area contributed by atoms with Gasteiger partial charge in [0.15, 0.2) is 0 Å². The molecule has 0 spiro atoms. The van der Waals surface area contributed by atoms with E-state index in [1.807, 2.05) is 30.6 Å². The molecule has 0 unspecified atom stereocenters. The summed E-state index contributed by atoms with van der Waals surface area (Å²) in [6.45, 7) is 0. The van der Waals surface area contributed by atoms with E-state index < -0.39 is 0 Å². The molecule has 4 aromatic heterocycles. The Bertz CT molecular complexity index is 2490. The lowest BCUT2D eigenvalue weighted by atomic mass is 9.97. The minimum atomic E-state index is 0.973. The van der Waals surface area contributed by atoms with Crippen molar-refractivity contribution in [3.8, 4) is 33.8 Å². The number of para-hydroxylation sites is 2. The van der Waals surface area contributed by atoms with Crippen LogP contribution < -0.4 is 0 Å². The lowest BCUT2D eigenvalue weighted by molar-refractivity contribution is 1.16. The van der Waals surface area contributed by atoms with Crippen molar-refractivity contribution in [3.05, 3.63) is 158 Å². The number of aromatic nitrogens is 4. The van der Waals surface area contributed by atoms with E-state index in [1.54, 1.807) is 0 Å². The van der Waals surface area contributed by atoms with Crippen LogP contribution in [0.1, 0.15) is 0 Å². The third-order valence-electron chi connectivity index (χ3n) is 8.61. The highest BCUT2D eigenvalue weighted by Crippen LogP contribution is 2.40. The summed E-state index contributed by atoms with van der Waals surface area (Å²) in [5, 5.41) is 3.60. The number of hydrogen-bond donors (Lipinski definition) is 0. The van der Waals surface area contributed by atoms with E-state index >= 15 is 0 Å². The van der Waals surface area contributed by atoms with Gasteiger partial charge >= 0.3 is 0 Å². The lowest BCUT2D eigenvalue weighted by Gasteiger charge is -2.11. The molecule has 0 N–H and O–H groups in total. The van der Waals surface area contributed by atoms with Gasteiger partial charge in [0.1, 0.15) is 0 Å². The average molecular weight is 563 g/mol. The lowest BCUT2D eigenvalue weighted by Crippen LogP contribution is -1.95. The highest BCUT2D eigenvalue weighted by Gasteiger charge is 2.19. The van der Waals surface area contributed by atoms with E-state index in [9.17, 15) is 0 Å². The van der Waals surface area contributed by atoms with Gasteiger partial charge < -0.3 is 9.13 Å². The maximum atomic E-state index is 4.85. The maximum absolute atomic E-state index is 4.85. The van der Waals surface area contributed by atoms with Crippen molar-refractivity contribution < 1.29 is 0 Å². The minimum absolute atomic E-state index is 0.973. The number of hydrogen-bond acceptors (Lipinski definition) is 2. The van der Waals surface area contributed by atoms with Crippen LogP contribution in [0.3, 0.4) is 0 Å². The van der Waals surface area contributed by atoms with Crippen LogP contribution in [0, 0.1) is 0 Å². The first-order valence-corrected chi connectivity index (χ1v) is 14.8. The molecular formula is C40H26N4. The molecule has 0 saturated heterocycles. The first-order valence-electron chi connectivity index (χ1n) is 14.8. The van der Waals surface area contributed by atoms with Crippen molar-refractivity contribution in [2.45, 2.75) is 0 Å². The van der Waals surface area contributed by atoms with E-state index in [-0.39, 0.29) is 0 Å². The van der Waals surface area contributed by atoms with Crippen LogP contribution in [0.5, 0.6) is 0 Å². The molecule has 9 rings (SSSR count). The molecule has 0 radical (unpaired) electrons. The largest absolute Gasteiger partial charge is 0.309 e. The fourth-order valence-corrected chi connectivity index (χ4v) is 6.74. The second kappa shape index (κ2) is 9.79. The van der Waals surface area contributed by atoms with Crippen molar-refractivity contribution in [1.82, 2.24) is 19.1 Å². The topological polar surface area (TPSA) is 35.6 Å². The van der Waals surface area contributed by atoms with Gasteiger partial charge in [0, 0.05) is 45.5 Å². The third-order valence-corrected chi connectivity index (χ3v) is 8.61. The van der Waals surface area contributed by atoms with Crippen LogP contribution in [-0.2, 0) is 0 Å². The fourth-order valence-electron chi connectivity index (χ4n) is 6.74. The summed E-state index contributed by atoms with van der Waals surface area (Å²) in [4.78, 5) is 9.45. The molecule has 5 aromatic carbocycles. The van der Waals surface area contributed by atoms with Crippen molar-refractivity contribution in [1.29, 1.82) is 0 Å². The number of fused-ring (bicyclic) bond motifs is 6. The maximum Gasteiger partial charge on any atom is 0.0964 e. The molecule has 9 aromatic rings. The molecule has 4 heteroatoms. The monoisotopic (exact) mass is 562 g/mol. The van der Waals surface area contributed by atoms with Crippen molar-refractivity contribution in [2.75, 3.05) is 0 Å². The molecule has 44 heavy (non-hydrogen) atoms. The molecule has 0 amide bonds. The standard InChI is InChI=1S/C40H26N4/c1-2-13-29(14-3-1)43-36-22-21-30(26-33(36)40-38(43)20-10-24-42-40)44-35-18-5-4-15-32(35)39-31(16-9-19-37(39)44)27-11-8-12-28(25-27)34-17-6-7-23-41-34/h1-26H. The second-order valence-electron chi connectivity index (χ2n) is 11.1. The van der Waals surface area contributed by atoms with Crippen molar-refractivity contribution in [2.24, 2.45) is 0 Å². The Morgan fingerprint density at radius 3 is 2.05 bits per heavy atom. The molecule has 4 nitrogen and oxygen atoms in total. The van der Waals surface area contributed by atoms with Gasteiger partial charge in [0.2, 0.25) is 0 Å². The van der Waals surface area contributed by atoms with Gasteiger partial charge in [-0.3, -0.25) is 9.97 Å². The molecular weight excluding hydrogens is 536 g/mol. The van der Waals surface area contributed by atoms with E-state index in [4.69, 9.17) is 4.98 Å². The van der Waals surface area contributed by atoms with Crippen LogP contribution in [0.15, 0.2) is 158 Å². The third kappa shape index (κ3) is 3.71. The summed E-state index contributed by atoms with van der Waals surface area (Å²) in [7, 11) is 0. The van der Waals surface area contributed by atoms with Gasteiger partial charge in [-0.2, -0.15) is 0 Å². The summed E-state index contributed by atoms with van der Waals surface area (Å²) in [6.07, 6.45) is 3.73. The molecule has 0 bridgehead atoms. The molecule has 0 aliphatic carbocycles. The van der Waals surface area contributed by atoms with E-state index in [2.05, 4.69) is 142 Å². The van der Waals surface area contributed by atoms with Crippen LogP contribution in [-0.4, -0.2) is 19.1 Å². The van der Waals surface area contributed by atoms with E-state index in [0.29, 0.717) is 0 Å². The Morgan fingerprint density at radius 1 is 0.409 bits per heavy atom. The van der Waals surface area contributed by atoms with Crippen molar-refractivity contribution >= 4 is 43.7 Å². The molecule has 206 valence electrons. The number of benzene rings is 5. The summed E-state index contributed by atoms with van der Waals surface area (Å²) in [5.41, 5.74) is 12.3. The normalized spacial score (nSPS) is 11.6. The molecule has 0 atom stereocenters. The molecule has 0 aliphatic rings. The molecule has 0 aliphatic heterocycles. The number of pyridine rings is 2. The van der Waals surface area contributed by atoms with E-state index in [1.165, 1.54) is 32.9 Å². The summed E-state index contributed by atoms with van der Waals surface area (Å²) in [5.74, 6) is 0. The fraction of sp³-hybridized carbons (Fsp3) is 0. The molecule has 0 saturated carbocycles. The number of rotatable bonds is 4. The first kappa shape index (κ1) is 24.6. The highest BCUT2D eigenvalue weighted by molar-refractivity contribution is 6.16. The van der Waals surface area contributed by atoms with Gasteiger partial charge in [-0.1, -0.05) is 72.8 Å². The Morgan fingerprint density at radius 2 is 1.14 bits per heavy atom. The summed E-state index contributed by atoms with van der Waals surface area (Å²) < 4.78 is 4.70. The second-order valence-corrected chi connectivity index (χ2v) is 11.1. The van der Waals surface area contributed by atoms with Crippen molar-refractivity contribution in [3.63, 3.8) is 0 Å². The zero-order chi connectivity index (χ0) is 29.0. The smallest absolute Gasteiger partial charge is 0.0964 e. The van der Waals surface area contributed by atoms with Crippen LogP contribution in [0.25, 0.3) is 77.5 Å². The van der Waals surface area contributed by atoms with Crippen LogP contribution >= 0.6 is 0 Å². The Labute approximate surface area is 254 Å². The summed E-state index contributed by atoms with van der Waals surface area (Å²) >= 11 is 0. The van der Waals surface area contributed by atoms with E-state index in [0.717, 1.165) is 44.6 Å². The predicted octanol–water partition coefficient (Wildman–Crippen LogP) is 10.0. The zero-order valence-corrected chi connectivity index (χ0v) is 23.8. The van der Waals surface area contributed by atoms with Gasteiger partial charge in [-0.05, 0) is 83.9 Å². The zero-order valence-electron chi connectivity index (χ0n) is 23.8. The Kier molecular flexibility index (Phi) is 5.47. The highest BCUT2D eigenvalue weighted by atomic mass is 15.0. The minimum Gasteiger partial charge on any atom is -0.309 e. The van der Waals surface area contributed by atoms with Gasteiger partial charge in [-0.25, -0.2) is 0 Å². The first-order chi connectivity index (χ1) is 21.8.